The van der Waals surface area contributed by atoms with E-state index in [1.54, 1.807) is 31.9 Å². The Kier molecular flexibility index (Phi) is 6.56. The van der Waals surface area contributed by atoms with Gasteiger partial charge in [0.25, 0.3) is 0 Å². The van der Waals surface area contributed by atoms with E-state index < -0.39 is 39.7 Å². The Balaban J connectivity index is 1.97. The lowest BCUT2D eigenvalue weighted by Crippen LogP contribution is -2.48. The maximum atomic E-state index is 15.1. The van der Waals surface area contributed by atoms with Gasteiger partial charge in [0.2, 0.25) is 15.9 Å². The van der Waals surface area contributed by atoms with E-state index in [0.717, 1.165) is 9.87 Å². The van der Waals surface area contributed by atoms with Crippen molar-refractivity contribution < 1.29 is 22.3 Å². The normalized spacial score (nSPS) is 18.2. The number of benzene rings is 2. The Bertz CT molecular complexity index is 1440. The summed E-state index contributed by atoms with van der Waals surface area (Å²) >= 11 is 6.21. The van der Waals surface area contributed by atoms with E-state index in [-0.39, 0.29) is 33.6 Å². The Labute approximate surface area is 207 Å². The van der Waals surface area contributed by atoms with E-state index in [1.165, 1.54) is 25.1 Å². The molecule has 35 heavy (non-hydrogen) atoms. The van der Waals surface area contributed by atoms with Crippen molar-refractivity contribution in [1.82, 2.24) is 14.5 Å². The van der Waals surface area contributed by atoms with Crippen LogP contribution in [-0.2, 0) is 10.0 Å². The molecular weight excluding hydrogens is 499 g/mol. The highest BCUT2D eigenvalue weighted by Crippen LogP contribution is 2.46. The van der Waals surface area contributed by atoms with Gasteiger partial charge in [-0.05, 0) is 55.7 Å². The molecule has 0 amide bonds. The summed E-state index contributed by atoms with van der Waals surface area (Å²) in [5.74, 6) is -2.37. The number of aromatic nitrogens is 2. The molecule has 12 heteroatoms. The molecule has 2 heterocycles. The Morgan fingerprint density at radius 2 is 1.94 bits per heavy atom. The molecule has 1 aliphatic heterocycles. The first-order valence-corrected chi connectivity index (χ1v) is 12.7. The zero-order valence-electron chi connectivity index (χ0n) is 19.8. The number of H-pyrrole nitrogens is 1. The molecule has 0 fully saturated rings. The van der Waals surface area contributed by atoms with Crippen molar-refractivity contribution in [2.45, 2.75) is 50.7 Å². The van der Waals surface area contributed by atoms with Crippen LogP contribution in [0.3, 0.4) is 0 Å². The minimum absolute atomic E-state index is 0.122. The lowest BCUT2D eigenvalue weighted by atomic mass is 9.87. The summed E-state index contributed by atoms with van der Waals surface area (Å²) in [5.41, 5.74) is 2.20. The Morgan fingerprint density at radius 3 is 2.54 bits per heavy atom. The van der Waals surface area contributed by atoms with E-state index >= 15 is 4.39 Å². The summed E-state index contributed by atoms with van der Waals surface area (Å²) in [6.07, 6.45) is -1.14. The van der Waals surface area contributed by atoms with Crippen LogP contribution in [0.2, 0.25) is 5.02 Å². The third kappa shape index (κ3) is 4.26. The number of fused-ring (bicyclic) bond motifs is 1. The van der Waals surface area contributed by atoms with Gasteiger partial charge in [-0.2, -0.15) is 4.31 Å². The molecule has 3 atom stereocenters. The van der Waals surface area contributed by atoms with Crippen molar-refractivity contribution in [2.24, 2.45) is 0 Å². The SMILES string of the molecule is Cc1ccc(F)c([C@@H](C)[C@@H](c2n[nH]c(=O)o2)N2CN(C)c3cc(Cl)cc(C(C)O)c3S2(=O)=O)c1C. The Morgan fingerprint density at radius 1 is 1.26 bits per heavy atom. The molecule has 0 saturated heterocycles. The minimum atomic E-state index is -4.30. The second-order valence-corrected chi connectivity index (χ2v) is 11.1. The van der Waals surface area contributed by atoms with Crippen LogP contribution >= 0.6 is 11.6 Å². The number of nitrogens with one attached hydrogen (secondary N) is 1. The van der Waals surface area contributed by atoms with E-state index in [4.69, 9.17) is 16.0 Å². The topological polar surface area (TPSA) is 120 Å². The van der Waals surface area contributed by atoms with Crippen LogP contribution in [0.1, 0.15) is 60.1 Å². The number of halogens is 2. The number of hydrogen-bond donors (Lipinski definition) is 2. The zero-order valence-corrected chi connectivity index (χ0v) is 21.4. The number of aliphatic hydroxyl groups is 1. The third-order valence-electron chi connectivity index (χ3n) is 6.52. The highest BCUT2D eigenvalue weighted by molar-refractivity contribution is 7.89. The minimum Gasteiger partial charge on any atom is -0.391 e. The average molecular weight is 525 g/mol. The highest BCUT2D eigenvalue weighted by atomic mass is 35.5. The summed E-state index contributed by atoms with van der Waals surface area (Å²) in [6.45, 7) is 6.52. The molecule has 1 aliphatic rings. The first-order valence-electron chi connectivity index (χ1n) is 10.9. The van der Waals surface area contributed by atoms with Gasteiger partial charge in [-0.3, -0.25) is 0 Å². The van der Waals surface area contributed by atoms with Crippen LogP contribution in [-0.4, -0.2) is 41.7 Å². The first-order chi connectivity index (χ1) is 16.3. The van der Waals surface area contributed by atoms with E-state index in [9.17, 15) is 18.3 Å². The molecule has 1 unspecified atom stereocenters. The van der Waals surface area contributed by atoms with Crippen LogP contribution in [0.25, 0.3) is 0 Å². The highest BCUT2D eigenvalue weighted by Gasteiger charge is 2.46. The summed E-state index contributed by atoms with van der Waals surface area (Å²) in [6, 6.07) is 4.70. The van der Waals surface area contributed by atoms with E-state index in [2.05, 4.69) is 10.2 Å². The summed E-state index contributed by atoms with van der Waals surface area (Å²) in [7, 11) is -2.63. The van der Waals surface area contributed by atoms with Crippen molar-refractivity contribution >= 4 is 27.3 Å². The second-order valence-electron chi connectivity index (χ2n) is 8.84. The predicted molar refractivity (Wildman–Crippen MR) is 129 cm³/mol. The van der Waals surface area contributed by atoms with Gasteiger partial charge in [-0.1, -0.05) is 24.6 Å². The largest absolute Gasteiger partial charge is 0.434 e. The van der Waals surface area contributed by atoms with Crippen LogP contribution < -0.4 is 10.7 Å². The van der Waals surface area contributed by atoms with Crippen molar-refractivity contribution in [2.75, 3.05) is 18.6 Å². The van der Waals surface area contributed by atoms with E-state index in [0.29, 0.717) is 11.3 Å². The standard InChI is InChI=1S/C23H26ClFN4O5S/c1-11-6-7-17(25)19(12(11)2)13(3)20(22-26-27-23(31)34-22)29-10-28(5)18-9-15(24)8-16(14(4)30)21(18)35(29,32)33/h6-9,13-14,20,30H,10H2,1-5H3,(H,27,31)/t13-,14?,20+/m1/s1. The lowest BCUT2D eigenvalue weighted by Gasteiger charge is -2.41. The number of nitrogens with zero attached hydrogens (tertiary/aromatic N) is 3. The zero-order chi connectivity index (χ0) is 25.8. The van der Waals surface area contributed by atoms with Gasteiger partial charge in [-0.15, -0.1) is 5.10 Å². The fraction of sp³-hybridized carbons (Fsp3) is 0.391. The maximum absolute atomic E-state index is 15.1. The molecule has 3 aromatic rings. The first kappa shape index (κ1) is 25.4. The number of anilines is 1. The van der Waals surface area contributed by atoms with Crippen molar-refractivity contribution in [3.05, 3.63) is 73.8 Å². The van der Waals surface area contributed by atoms with Gasteiger partial charge in [0, 0.05) is 23.6 Å². The molecule has 0 aliphatic carbocycles. The molecule has 188 valence electrons. The molecule has 0 spiro atoms. The van der Waals surface area contributed by atoms with Gasteiger partial charge >= 0.3 is 5.76 Å². The van der Waals surface area contributed by atoms with Crippen LogP contribution in [0.15, 0.2) is 38.4 Å². The number of aryl methyl sites for hydroxylation is 1. The molecule has 4 rings (SSSR count). The molecule has 1 aromatic heterocycles. The number of hydrogen-bond acceptors (Lipinski definition) is 7. The fourth-order valence-corrected chi connectivity index (χ4v) is 7.03. The molecule has 0 bridgehead atoms. The molecule has 0 saturated carbocycles. The van der Waals surface area contributed by atoms with Crippen LogP contribution in [0.5, 0.6) is 0 Å². The quantitative estimate of drug-likeness (QED) is 0.521. The summed E-state index contributed by atoms with van der Waals surface area (Å²) in [4.78, 5) is 13.4. The smallest absolute Gasteiger partial charge is 0.391 e. The number of rotatable bonds is 5. The lowest BCUT2D eigenvalue weighted by molar-refractivity contribution is 0.194. The molecule has 2 aromatic carbocycles. The van der Waals surface area contributed by atoms with Gasteiger partial charge in [-0.25, -0.2) is 22.7 Å². The molecule has 2 N–H and O–H groups in total. The number of aliphatic hydroxyl groups excluding tert-OH is 1. The average Bonchev–Trinajstić information content (AvgIpc) is 3.20. The number of aromatic amines is 1. The fourth-order valence-electron chi connectivity index (χ4n) is 4.67. The van der Waals surface area contributed by atoms with Gasteiger partial charge in [0.15, 0.2) is 0 Å². The molecular formula is C23H26ClFN4O5S. The third-order valence-corrected chi connectivity index (χ3v) is 8.66. The molecule has 0 radical (unpaired) electrons. The maximum Gasteiger partial charge on any atom is 0.434 e. The van der Waals surface area contributed by atoms with Crippen molar-refractivity contribution in [3.8, 4) is 0 Å². The monoisotopic (exact) mass is 524 g/mol. The van der Waals surface area contributed by atoms with Crippen LogP contribution in [0, 0.1) is 19.7 Å². The van der Waals surface area contributed by atoms with Crippen molar-refractivity contribution in [1.29, 1.82) is 0 Å². The predicted octanol–water partition coefficient (Wildman–Crippen LogP) is 3.77. The summed E-state index contributed by atoms with van der Waals surface area (Å²) in [5, 5.41) is 16.7. The summed E-state index contributed by atoms with van der Waals surface area (Å²) < 4.78 is 49.6. The van der Waals surface area contributed by atoms with Crippen molar-refractivity contribution in [3.63, 3.8) is 0 Å². The van der Waals surface area contributed by atoms with E-state index in [1.807, 2.05) is 6.92 Å². The Hall–Kier alpha value is -2.73. The van der Waals surface area contributed by atoms with Crippen LogP contribution in [0.4, 0.5) is 10.1 Å². The van der Waals surface area contributed by atoms with Gasteiger partial charge in [0.05, 0.1) is 18.5 Å². The second kappa shape index (κ2) is 9.05. The number of sulfonamides is 1. The van der Waals surface area contributed by atoms with Gasteiger partial charge < -0.3 is 14.4 Å². The van der Waals surface area contributed by atoms with Gasteiger partial charge in [0.1, 0.15) is 16.8 Å². The molecule has 9 nitrogen and oxygen atoms in total.